The van der Waals surface area contributed by atoms with Gasteiger partial charge in [0.25, 0.3) is 0 Å². The molecule has 0 bridgehead atoms. The average molecular weight is 413 g/mol. The van der Waals surface area contributed by atoms with Crippen LogP contribution in [0.1, 0.15) is 23.1 Å². The van der Waals surface area contributed by atoms with Crippen LogP contribution in [0.15, 0.2) is 36.4 Å². The number of aryl methyl sites for hydroxylation is 1. The lowest BCUT2D eigenvalue weighted by atomic mass is 9.98. The van der Waals surface area contributed by atoms with E-state index in [1.807, 2.05) is 55.3 Å². The molecule has 0 unspecified atom stereocenters. The number of carbonyl (C=O) groups is 1. The third-order valence-corrected chi connectivity index (χ3v) is 5.51. The lowest BCUT2D eigenvalue weighted by molar-refractivity contribution is -0.133. The van der Waals surface area contributed by atoms with Gasteiger partial charge in [0.1, 0.15) is 5.75 Å². The summed E-state index contributed by atoms with van der Waals surface area (Å²) in [5.41, 5.74) is 3.49. The molecule has 0 fully saturated rings. The molecule has 30 heavy (non-hydrogen) atoms. The molecule has 1 heterocycles. The van der Waals surface area contributed by atoms with Gasteiger partial charge in [0, 0.05) is 19.6 Å². The van der Waals surface area contributed by atoms with Crippen LogP contribution in [0.2, 0.25) is 0 Å². The summed E-state index contributed by atoms with van der Waals surface area (Å²) in [6.45, 7) is 5.25. The SMILES string of the molecule is COc1cc2c(cc1OC)CN(C(=O)CN(C)CCCOc1ccccc1C)CC2. The normalized spacial score (nSPS) is 13.2. The van der Waals surface area contributed by atoms with Crippen LogP contribution in [0.5, 0.6) is 17.2 Å². The smallest absolute Gasteiger partial charge is 0.237 e. The molecule has 3 rings (SSSR count). The van der Waals surface area contributed by atoms with Gasteiger partial charge in [0.15, 0.2) is 11.5 Å². The zero-order valence-electron chi connectivity index (χ0n) is 18.4. The Morgan fingerprint density at radius 3 is 2.47 bits per heavy atom. The highest BCUT2D eigenvalue weighted by molar-refractivity contribution is 5.78. The summed E-state index contributed by atoms with van der Waals surface area (Å²) in [7, 11) is 5.26. The van der Waals surface area contributed by atoms with Gasteiger partial charge in [0.05, 0.1) is 27.4 Å². The number of fused-ring (bicyclic) bond motifs is 1. The fourth-order valence-corrected chi connectivity index (χ4v) is 3.74. The minimum atomic E-state index is 0.151. The van der Waals surface area contributed by atoms with Crippen molar-refractivity contribution in [2.24, 2.45) is 0 Å². The molecule has 2 aromatic rings. The van der Waals surface area contributed by atoms with Gasteiger partial charge >= 0.3 is 0 Å². The van der Waals surface area contributed by atoms with E-state index in [1.54, 1.807) is 14.2 Å². The third-order valence-electron chi connectivity index (χ3n) is 5.51. The summed E-state index contributed by atoms with van der Waals surface area (Å²) in [5, 5.41) is 0. The molecule has 6 nitrogen and oxygen atoms in total. The van der Waals surface area contributed by atoms with E-state index < -0.39 is 0 Å². The molecule has 1 aliphatic rings. The summed E-state index contributed by atoms with van der Waals surface area (Å²) >= 11 is 0. The van der Waals surface area contributed by atoms with E-state index in [4.69, 9.17) is 14.2 Å². The second-order valence-corrected chi connectivity index (χ2v) is 7.75. The number of rotatable bonds is 9. The van der Waals surface area contributed by atoms with Crippen molar-refractivity contribution in [1.29, 1.82) is 0 Å². The largest absolute Gasteiger partial charge is 0.493 e. The van der Waals surface area contributed by atoms with Crippen LogP contribution in [-0.2, 0) is 17.8 Å². The van der Waals surface area contributed by atoms with E-state index in [2.05, 4.69) is 4.90 Å². The van der Waals surface area contributed by atoms with Gasteiger partial charge in [-0.1, -0.05) is 18.2 Å². The van der Waals surface area contributed by atoms with Crippen LogP contribution in [0.3, 0.4) is 0 Å². The molecule has 0 saturated heterocycles. The van der Waals surface area contributed by atoms with Crippen molar-refractivity contribution in [3.05, 3.63) is 53.1 Å². The fourth-order valence-electron chi connectivity index (χ4n) is 3.74. The molecule has 0 aliphatic carbocycles. The van der Waals surface area contributed by atoms with Crippen molar-refractivity contribution in [2.75, 3.05) is 47.5 Å². The number of ether oxygens (including phenoxy) is 3. The number of amides is 1. The van der Waals surface area contributed by atoms with Crippen molar-refractivity contribution >= 4 is 5.91 Å². The van der Waals surface area contributed by atoms with Gasteiger partial charge < -0.3 is 19.1 Å². The third kappa shape index (κ3) is 5.45. The molecule has 1 aliphatic heterocycles. The van der Waals surface area contributed by atoms with E-state index in [9.17, 15) is 4.79 Å². The molecule has 1 amide bonds. The fraction of sp³-hybridized carbons (Fsp3) is 0.458. The number of likely N-dealkylation sites (N-methyl/N-ethyl adjacent to an activating group) is 1. The molecule has 0 radical (unpaired) electrons. The number of hydrogen-bond acceptors (Lipinski definition) is 5. The Hall–Kier alpha value is -2.73. The first-order valence-corrected chi connectivity index (χ1v) is 10.4. The molecule has 0 spiro atoms. The number of benzene rings is 2. The van der Waals surface area contributed by atoms with Crippen LogP contribution in [-0.4, -0.2) is 63.2 Å². The standard InChI is InChI=1S/C24H32N2O4/c1-18-8-5-6-9-21(18)30-13-7-11-25(2)17-24(27)26-12-10-19-14-22(28-3)23(29-4)15-20(19)16-26/h5-6,8-9,14-15H,7,10-13,16-17H2,1-4H3. The first-order chi connectivity index (χ1) is 14.5. The Balaban J connectivity index is 1.46. The van der Waals surface area contributed by atoms with Crippen LogP contribution in [0, 0.1) is 6.92 Å². The van der Waals surface area contributed by atoms with Crippen LogP contribution < -0.4 is 14.2 Å². The van der Waals surface area contributed by atoms with Gasteiger partial charge in [-0.3, -0.25) is 9.69 Å². The topological polar surface area (TPSA) is 51.2 Å². The van der Waals surface area contributed by atoms with Gasteiger partial charge in [-0.25, -0.2) is 0 Å². The maximum absolute atomic E-state index is 12.8. The van der Waals surface area contributed by atoms with Crippen molar-refractivity contribution in [1.82, 2.24) is 9.80 Å². The van der Waals surface area contributed by atoms with E-state index in [-0.39, 0.29) is 5.91 Å². The average Bonchev–Trinajstić information content (AvgIpc) is 2.76. The molecular weight excluding hydrogens is 380 g/mol. The Labute approximate surface area is 179 Å². The zero-order valence-corrected chi connectivity index (χ0v) is 18.4. The number of hydrogen-bond donors (Lipinski definition) is 0. The maximum atomic E-state index is 12.8. The number of nitrogens with zero attached hydrogens (tertiary/aromatic N) is 2. The monoisotopic (exact) mass is 412 g/mol. The van der Waals surface area contributed by atoms with Gasteiger partial charge in [0.2, 0.25) is 5.91 Å². The van der Waals surface area contributed by atoms with Crippen molar-refractivity contribution in [3.8, 4) is 17.2 Å². The molecule has 6 heteroatoms. The van der Waals surface area contributed by atoms with E-state index in [0.29, 0.717) is 25.4 Å². The number of methoxy groups -OCH3 is 2. The molecule has 162 valence electrons. The van der Waals surface area contributed by atoms with E-state index in [0.717, 1.165) is 48.6 Å². The second-order valence-electron chi connectivity index (χ2n) is 7.75. The highest BCUT2D eigenvalue weighted by Crippen LogP contribution is 2.33. The highest BCUT2D eigenvalue weighted by Gasteiger charge is 2.23. The van der Waals surface area contributed by atoms with Gasteiger partial charge in [-0.2, -0.15) is 0 Å². The predicted octanol–water partition coefficient (Wildman–Crippen LogP) is 3.30. The Kier molecular flexibility index (Phi) is 7.57. The van der Waals surface area contributed by atoms with Crippen molar-refractivity contribution in [3.63, 3.8) is 0 Å². The zero-order chi connectivity index (χ0) is 21.5. The minimum Gasteiger partial charge on any atom is -0.493 e. The Bertz CT molecular complexity index is 868. The summed E-state index contributed by atoms with van der Waals surface area (Å²) in [6, 6.07) is 12.0. The molecule has 0 aromatic heterocycles. The molecule has 0 saturated carbocycles. The number of para-hydroxylation sites is 1. The first kappa shape index (κ1) is 22.0. The second kappa shape index (κ2) is 10.3. The summed E-state index contributed by atoms with van der Waals surface area (Å²) in [6.07, 6.45) is 1.70. The molecule has 0 N–H and O–H groups in total. The maximum Gasteiger partial charge on any atom is 0.237 e. The van der Waals surface area contributed by atoms with Gasteiger partial charge in [-0.05, 0) is 61.7 Å². The quantitative estimate of drug-likeness (QED) is 0.592. The van der Waals surface area contributed by atoms with E-state index in [1.165, 1.54) is 5.56 Å². The molecular formula is C24H32N2O4. The lowest BCUT2D eigenvalue weighted by Crippen LogP contribution is -2.42. The van der Waals surface area contributed by atoms with Gasteiger partial charge in [-0.15, -0.1) is 0 Å². The minimum absolute atomic E-state index is 0.151. The van der Waals surface area contributed by atoms with Crippen molar-refractivity contribution in [2.45, 2.75) is 26.3 Å². The number of carbonyl (C=O) groups excluding carboxylic acids is 1. The lowest BCUT2D eigenvalue weighted by Gasteiger charge is -2.31. The van der Waals surface area contributed by atoms with E-state index >= 15 is 0 Å². The van der Waals surface area contributed by atoms with Crippen LogP contribution in [0.25, 0.3) is 0 Å². The highest BCUT2D eigenvalue weighted by atomic mass is 16.5. The summed E-state index contributed by atoms with van der Waals surface area (Å²) in [4.78, 5) is 16.8. The molecule has 2 aromatic carbocycles. The first-order valence-electron chi connectivity index (χ1n) is 10.4. The summed E-state index contributed by atoms with van der Waals surface area (Å²) < 4.78 is 16.6. The summed E-state index contributed by atoms with van der Waals surface area (Å²) in [5.74, 6) is 2.52. The van der Waals surface area contributed by atoms with Crippen molar-refractivity contribution < 1.29 is 19.0 Å². The molecule has 0 atom stereocenters. The van der Waals surface area contributed by atoms with Crippen LogP contribution in [0.4, 0.5) is 0 Å². The van der Waals surface area contributed by atoms with Crippen LogP contribution >= 0.6 is 0 Å². The Morgan fingerprint density at radius 2 is 1.77 bits per heavy atom. The Morgan fingerprint density at radius 1 is 1.07 bits per heavy atom. The predicted molar refractivity (Wildman–Crippen MR) is 117 cm³/mol.